The van der Waals surface area contributed by atoms with Crippen LogP contribution in [0.5, 0.6) is 0 Å². The van der Waals surface area contributed by atoms with Gasteiger partial charge in [0.2, 0.25) is 0 Å². The number of fused-ring (bicyclic) bond motifs is 3. The van der Waals surface area contributed by atoms with E-state index in [-0.39, 0.29) is 29.5 Å². The third-order valence-corrected chi connectivity index (χ3v) is 5.19. The molecule has 1 aromatic heterocycles. The lowest BCUT2D eigenvalue weighted by molar-refractivity contribution is 0.279. The van der Waals surface area contributed by atoms with Gasteiger partial charge < -0.3 is 5.73 Å². The molecule has 0 aliphatic rings. The van der Waals surface area contributed by atoms with E-state index < -0.39 is 0 Å². The minimum absolute atomic E-state index is 0. The second-order valence-corrected chi connectivity index (χ2v) is 6.25. The average Bonchev–Trinajstić information content (AvgIpc) is 2.59. The smallest absolute Gasteiger partial charge is 0.0711 e. The number of nitrogens with two attached hydrogens (primary N) is 1. The second-order valence-electron chi connectivity index (χ2n) is 6.25. The lowest BCUT2D eigenvalue weighted by atomic mass is 9.75. The fraction of sp³-hybridized carbons (Fsp3) is 0.350. The zero-order chi connectivity index (χ0) is 15.7. The van der Waals surface area contributed by atoms with E-state index in [0.29, 0.717) is 5.92 Å². The lowest BCUT2D eigenvalue weighted by Crippen LogP contribution is -2.42. The van der Waals surface area contributed by atoms with Crippen LogP contribution in [-0.2, 0) is 5.54 Å². The van der Waals surface area contributed by atoms with E-state index in [9.17, 15) is 0 Å². The molecule has 23 heavy (non-hydrogen) atoms. The largest absolute Gasteiger partial charge is 0.321 e. The van der Waals surface area contributed by atoms with Gasteiger partial charge in [-0.05, 0) is 29.4 Å². The summed E-state index contributed by atoms with van der Waals surface area (Å²) in [7, 11) is 0. The number of benzene rings is 2. The summed E-state index contributed by atoms with van der Waals surface area (Å²) in [6.07, 6.45) is 3.94. The highest BCUT2D eigenvalue weighted by Gasteiger charge is 2.32. The van der Waals surface area contributed by atoms with Crippen molar-refractivity contribution < 1.29 is 0 Å². The van der Waals surface area contributed by atoms with Crippen LogP contribution in [0.15, 0.2) is 48.7 Å². The van der Waals surface area contributed by atoms with Gasteiger partial charge in [-0.2, -0.15) is 0 Å². The van der Waals surface area contributed by atoms with Crippen LogP contribution in [0.4, 0.5) is 0 Å². The van der Waals surface area contributed by atoms with Crippen molar-refractivity contribution in [1.29, 1.82) is 0 Å². The fourth-order valence-corrected chi connectivity index (χ4v) is 3.46. The van der Waals surface area contributed by atoms with E-state index in [0.717, 1.165) is 18.4 Å². The quantitative estimate of drug-likeness (QED) is 0.440. The minimum atomic E-state index is -0.319. The van der Waals surface area contributed by atoms with Crippen LogP contribution in [0.1, 0.15) is 39.2 Å². The molecule has 3 heteroatoms. The summed E-state index contributed by atoms with van der Waals surface area (Å²) >= 11 is 0. The van der Waals surface area contributed by atoms with Crippen molar-refractivity contribution in [3.8, 4) is 0 Å². The number of hydrogen-bond acceptors (Lipinski definition) is 2. The third-order valence-electron chi connectivity index (χ3n) is 5.19. The standard InChI is InChI=1S/C20H24N2.HI/c1-4-14(3)20(21,5-2)17-11-8-12-18-19(17)16-10-7-6-9-15(16)13-22-18;/h6-14H,4-5,21H2,1-3H3;1H. The summed E-state index contributed by atoms with van der Waals surface area (Å²) < 4.78 is 0. The fourth-order valence-electron chi connectivity index (χ4n) is 3.46. The maximum Gasteiger partial charge on any atom is 0.0711 e. The van der Waals surface area contributed by atoms with Gasteiger partial charge in [0.15, 0.2) is 0 Å². The Labute approximate surface area is 155 Å². The minimum Gasteiger partial charge on any atom is -0.321 e. The molecular weight excluding hydrogens is 395 g/mol. The number of aromatic nitrogens is 1. The highest BCUT2D eigenvalue weighted by atomic mass is 127. The molecule has 2 aromatic carbocycles. The normalized spacial score (nSPS) is 15.1. The Hall–Kier alpha value is -1.20. The van der Waals surface area contributed by atoms with E-state index in [1.165, 1.54) is 21.7 Å². The summed E-state index contributed by atoms with van der Waals surface area (Å²) in [6, 6.07) is 14.8. The van der Waals surface area contributed by atoms with Gasteiger partial charge in [0.1, 0.15) is 0 Å². The van der Waals surface area contributed by atoms with Crippen molar-refractivity contribution in [2.75, 3.05) is 0 Å². The van der Waals surface area contributed by atoms with E-state index in [2.05, 4.69) is 68.2 Å². The van der Waals surface area contributed by atoms with Crippen LogP contribution in [-0.4, -0.2) is 4.98 Å². The summed E-state index contributed by atoms with van der Waals surface area (Å²) in [5, 5.41) is 3.63. The van der Waals surface area contributed by atoms with Crippen molar-refractivity contribution in [1.82, 2.24) is 4.98 Å². The van der Waals surface area contributed by atoms with Crippen molar-refractivity contribution in [2.24, 2.45) is 11.7 Å². The van der Waals surface area contributed by atoms with E-state index in [1.54, 1.807) is 0 Å². The molecular formula is C20H25IN2. The lowest BCUT2D eigenvalue weighted by Gasteiger charge is -2.36. The molecule has 2 nitrogen and oxygen atoms in total. The first kappa shape index (κ1) is 18.1. The van der Waals surface area contributed by atoms with Crippen LogP contribution < -0.4 is 5.73 Å². The predicted octanol–water partition coefficient (Wildman–Crippen LogP) is 5.62. The van der Waals surface area contributed by atoms with Crippen molar-refractivity contribution >= 4 is 45.7 Å². The Morgan fingerprint density at radius 1 is 1.09 bits per heavy atom. The SMILES string of the molecule is CCC(C)C(N)(CC)c1cccc2ncc3ccccc3c12.I. The molecule has 0 aliphatic carbocycles. The summed E-state index contributed by atoms with van der Waals surface area (Å²) in [4.78, 5) is 4.65. The third kappa shape index (κ3) is 2.96. The highest BCUT2D eigenvalue weighted by molar-refractivity contribution is 14.0. The molecule has 2 unspecified atom stereocenters. The van der Waals surface area contributed by atoms with Crippen molar-refractivity contribution in [2.45, 2.75) is 39.2 Å². The molecule has 0 spiro atoms. The number of halogens is 1. The van der Waals surface area contributed by atoms with Crippen LogP contribution >= 0.6 is 24.0 Å². The van der Waals surface area contributed by atoms with Gasteiger partial charge in [0.05, 0.1) is 5.52 Å². The topological polar surface area (TPSA) is 38.9 Å². The molecule has 1 heterocycles. The molecule has 0 aliphatic heterocycles. The van der Waals surface area contributed by atoms with Crippen LogP contribution in [0, 0.1) is 5.92 Å². The molecule has 122 valence electrons. The maximum atomic E-state index is 6.90. The zero-order valence-electron chi connectivity index (χ0n) is 14.0. The average molecular weight is 420 g/mol. The first-order valence-electron chi connectivity index (χ1n) is 8.17. The van der Waals surface area contributed by atoms with E-state index in [1.807, 2.05) is 6.20 Å². The maximum absolute atomic E-state index is 6.90. The zero-order valence-corrected chi connectivity index (χ0v) is 16.4. The molecule has 2 atom stereocenters. The first-order valence-corrected chi connectivity index (χ1v) is 8.17. The van der Waals surface area contributed by atoms with Crippen LogP contribution in [0.2, 0.25) is 0 Å². The van der Waals surface area contributed by atoms with Gasteiger partial charge in [-0.15, -0.1) is 24.0 Å². The van der Waals surface area contributed by atoms with Gasteiger partial charge >= 0.3 is 0 Å². The van der Waals surface area contributed by atoms with Gasteiger partial charge in [-0.25, -0.2) is 0 Å². The Morgan fingerprint density at radius 2 is 1.83 bits per heavy atom. The molecule has 3 rings (SSSR count). The number of pyridine rings is 1. The summed E-state index contributed by atoms with van der Waals surface area (Å²) in [5.41, 5.74) is 8.84. The molecule has 0 bridgehead atoms. The van der Waals surface area contributed by atoms with Gasteiger partial charge in [0, 0.05) is 22.5 Å². The molecule has 0 amide bonds. The Bertz CT molecular complexity index is 815. The Morgan fingerprint density at radius 3 is 2.52 bits per heavy atom. The van der Waals surface area contributed by atoms with Gasteiger partial charge in [0.25, 0.3) is 0 Å². The number of hydrogen-bond donors (Lipinski definition) is 1. The summed E-state index contributed by atoms with van der Waals surface area (Å²) in [6.45, 7) is 6.65. The first-order chi connectivity index (χ1) is 10.6. The predicted molar refractivity (Wildman–Crippen MR) is 110 cm³/mol. The molecule has 0 saturated heterocycles. The second kappa shape index (κ2) is 7.14. The van der Waals surface area contributed by atoms with Crippen molar-refractivity contribution in [3.63, 3.8) is 0 Å². The molecule has 0 saturated carbocycles. The highest BCUT2D eigenvalue weighted by Crippen LogP contribution is 2.38. The van der Waals surface area contributed by atoms with Crippen LogP contribution in [0.3, 0.4) is 0 Å². The van der Waals surface area contributed by atoms with Gasteiger partial charge in [-0.3, -0.25) is 4.98 Å². The number of rotatable bonds is 4. The van der Waals surface area contributed by atoms with E-state index in [4.69, 9.17) is 5.73 Å². The number of nitrogens with zero attached hydrogens (tertiary/aromatic N) is 1. The monoisotopic (exact) mass is 420 g/mol. The Kier molecular flexibility index (Phi) is 5.63. The molecule has 0 radical (unpaired) electrons. The molecule has 0 fully saturated rings. The van der Waals surface area contributed by atoms with Crippen molar-refractivity contribution in [3.05, 3.63) is 54.2 Å². The summed E-state index contributed by atoms with van der Waals surface area (Å²) in [5.74, 6) is 0.419. The molecule has 2 N–H and O–H groups in total. The van der Waals surface area contributed by atoms with Crippen LogP contribution in [0.25, 0.3) is 21.7 Å². The molecule has 3 aromatic rings. The Balaban J connectivity index is 0.00000192. The van der Waals surface area contributed by atoms with E-state index >= 15 is 0 Å². The van der Waals surface area contributed by atoms with Gasteiger partial charge in [-0.1, -0.05) is 63.6 Å².